The van der Waals surface area contributed by atoms with Crippen molar-refractivity contribution in [3.63, 3.8) is 0 Å². The van der Waals surface area contributed by atoms with E-state index in [1.165, 1.54) is 6.20 Å². The minimum absolute atomic E-state index is 0.0185. The van der Waals surface area contributed by atoms with E-state index in [1.54, 1.807) is 24.3 Å². The number of aromatic nitrogens is 2. The fourth-order valence-corrected chi connectivity index (χ4v) is 3.29. The molecule has 2 aromatic rings. The van der Waals surface area contributed by atoms with Crippen molar-refractivity contribution < 1.29 is 0 Å². The lowest BCUT2D eigenvalue weighted by molar-refractivity contribution is 0.805. The summed E-state index contributed by atoms with van der Waals surface area (Å²) in [6.07, 6.45) is 1.36. The summed E-state index contributed by atoms with van der Waals surface area (Å²) in [6, 6.07) is 6.95. The third kappa shape index (κ3) is 4.66. The molecule has 114 valence electrons. The van der Waals surface area contributed by atoms with E-state index in [2.05, 4.69) is 15.3 Å². The number of hydrogen-bond acceptors (Lipinski definition) is 4. The van der Waals surface area contributed by atoms with E-state index in [-0.39, 0.29) is 16.1 Å². The highest BCUT2D eigenvalue weighted by molar-refractivity contribution is 8.02. The van der Waals surface area contributed by atoms with Crippen molar-refractivity contribution in [2.45, 2.75) is 19.8 Å². The summed E-state index contributed by atoms with van der Waals surface area (Å²) in [4.78, 5) is 8.35. The molecule has 1 aromatic carbocycles. The van der Waals surface area contributed by atoms with E-state index < -0.39 is 14.9 Å². The summed E-state index contributed by atoms with van der Waals surface area (Å²) in [6.45, 7) is 0. The van der Waals surface area contributed by atoms with Gasteiger partial charge in [-0.05, 0) is 23.7 Å². The Bertz CT molecular complexity index is 784. The Morgan fingerprint density at radius 2 is 1.50 bits per heavy atom. The number of benzene rings is 1. The van der Waals surface area contributed by atoms with Crippen LogP contribution in [-0.2, 0) is 0 Å². The Labute approximate surface area is 176 Å². The van der Waals surface area contributed by atoms with Gasteiger partial charge in [-0.2, -0.15) is 4.98 Å². The predicted molar refractivity (Wildman–Crippen MR) is 116 cm³/mol. The molecule has 0 aliphatic carbocycles. The van der Waals surface area contributed by atoms with Crippen molar-refractivity contribution in [2.24, 2.45) is 0 Å². The Balaban J connectivity index is 2.44. The smallest absolute Gasteiger partial charge is 0.224 e. The molecule has 0 saturated heterocycles. The van der Waals surface area contributed by atoms with Crippen LogP contribution in [0.4, 0.5) is 11.5 Å². The highest BCUT2D eigenvalue weighted by Crippen LogP contribution is 2.54. The summed E-state index contributed by atoms with van der Waals surface area (Å²) in [7, 11) is 40.9. The van der Waals surface area contributed by atoms with E-state index in [0.29, 0.717) is 10.6 Å². The van der Waals surface area contributed by atoms with Crippen molar-refractivity contribution in [3.8, 4) is 0 Å². The number of anilines is 2. The van der Waals surface area contributed by atoms with Crippen molar-refractivity contribution >= 4 is 101 Å². The molecule has 0 aliphatic rings. The highest BCUT2D eigenvalue weighted by Gasteiger charge is 2.44. The second kappa shape index (κ2) is 7.85. The zero-order valence-electron chi connectivity index (χ0n) is 13.5. The standard InChI is InChI=1S/C13H6B7Cl2N3S/c14-11(12(15,16)17,13(18,19)20)26-8-4-2-1-3-7(8)24-9-6(21)5-23-10(22)25-9/h1-5H,(H,23,24,25). The molecule has 0 fully saturated rings. The first-order valence-corrected chi connectivity index (χ1v) is 8.67. The molecule has 0 spiro atoms. The van der Waals surface area contributed by atoms with Gasteiger partial charge in [-0.25, -0.2) is 4.98 Å². The fourth-order valence-electron chi connectivity index (χ4n) is 1.94. The molecule has 1 heterocycles. The lowest BCUT2D eigenvalue weighted by atomic mass is 9.21. The summed E-state index contributed by atoms with van der Waals surface area (Å²) < 4.78 is -1.84. The highest BCUT2D eigenvalue weighted by atomic mass is 35.5. The molecule has 0 unspecified atom stereocenters. The maximum Gasteiger partial charge on any atom is 0.224 e. The quantitative estimate of drug-likeness (QED) is 0.468. The summed E-state index contributed by atoms with van der Waals surface area (Å²) in [5.41, 5.74) is 0.539. The number of para-hydroxylation sites is 1. The van der Waals surface area contributed by atoms with E-state index in [1.807, 2.05) is 0 Å². The van der Waals surface area contributed by atoms with Gasteiger partial charge in [0.2, 0.25) is 5.28 Å². The monoisotopic (exact) mass is 383 g/mol. The SMILES string of the molecule is [B]C([B])([B])C([B])(Sc1ccccc1Nc1nc(Cl)ncc1Cl)C([B])([B])[B]. The topological polar surface area (TPSA) is 37.8 Å². The van der Waals surface area contributed by atoms with E-state index in [0.717, 1.165) is 11.8 Å². The lowest BCUT2D eigenvalue weighted by Gasteiger charge is -2.54. The zero-order chi connectivity index (χ0) is 19.8. The van der Waals surface area contributed by atoms with Crippen molar-refractivity contribution in [1.82, 2.24) is 9.97 Å². The molecular formula is C13H6B7Cl2N3S. The van der Waals surface area contributed by atoms with Gasteiger partial charge in [0.1, 0.15) is 5.02 Å². The molecule has 26 heavy (non-hydrogen) atoms. The first-order valence-electron chi connectivity index (χ1n) is 7.10. The zero-order valence-corrected chi connectivity index (χ0v) is 15.8. The number of thioether (sulfide) groups is 1. The molecule has 0 bridgehead atoms. The number of nitrogens with zero attached hydrogens (tertiary/aromatic N) is 2. The van der Waals surface area contributed by atoms with E-state index in [9.17, 15) is 0 Å². The van der Waals surface area contributed by atoms with Crippen molar-refractivity contribution in [3.05, 3.63) is 40.8 Å². The van der Waals surface area contributed by atoms with Crippen molar-refractivity contribution in [2.75, 3.05) is 5.32 Å². The van der Waals surface area contributed by atoms with Crippen LogP contribution in [-0.4, -0.2) is 69.5 Å². The van der Waals surface area contributed by atoms with Crippen LogP contribution in [0.2, 0.25) is 20.5 Å². The average Bonchev–Trinajstić information content (AvgIpc) is 2.50. The van der Waals surface area contributed by atoms with Gasteiger partial charge < -0.3 is 5.32 Å². The molecule has 13 heteroatoms. The molecular weight excluding hydrogens is 377 g/mol. The van der Waals surface area contributed by atoms with Gasteiger partial charge in [0.25, 0.3) is 0 Å². The van der Waals surface area contributed by atoms with Crippen LogP contribution in [0.5, 0.6) is 0 Å². The second-order valence-corrected chi connectivity index (χ2v) is 7.69. The van der Waals surface area contributed by atoms with Crippen LogP contribution in [0.3, 0.4) is 0 Å². The van der Waals surface area contributed by atoms with Crippen LogP contribution in [0.25, 0.3) is 0 Å². The summed E-state index contributed by atoms with van der Waals surface area (Å²) >= 11 is 12.8. The minimum atomic E-state index is -2.00. The van der Waals surface area contributed by atoms with Crippen LogP contribution >= 0.6 is 35.0 Å². The van der Waals surface area contributed by atoms with E-state index >= 15 is 0 Å². The average molecular weight is 383 g/mol. The third-order valence-electron chi connectivity index (χ3n) is 3.41. The Hall–Kier alpha value is -0.515. The van der Waals surface area contributed by atoms with E-state index in [4.69, 9.17) is 78.1 Å². The van der Waals surface area contributed by atoms with Gasteiger partial charge >= 0.3 is 0 Å². The van der Waals surface area contributed by atoms with Gasteiger partial charge in [0.05, 0.1) is 66.8 Å². The minimum Gasteiger partial charge on any atom is -0.338 e. The molecule has 0 aliphatic heterocycles. The number of nitrogens with one attached hydrogen (secondary N) is 1. The van der Waals surface area contributed by atoms with Gasteiger partial charge in [-0.3, -0.25) is 0 Å². The number of hydrogen-bond donors (Lipinski definition) is 1. The molecule has 3 nitrogen and oxygen atoms in total. The fraction of sp³-hybridized carbons (Fsp3) is 0.231. The molecule has 0 saturated carbocycles. The molecule has 0 atom stereocenters. The maximum absolute atomic E-state index is 6.21. The number of halogens is 2. The molecule has 14 radical (unpaired) electrons. The Morgan fingerprint density at radius 3 is 2.08 bits per heavy atom. The Kier molecular flexibility index (Phi) is 6.57. The summed E-state index contributed by atoms with van der Waals surface area (Å²) in [5, 5.41) is -0.711. The first kappa shape index (κ1) is 21.8. The Morgan fingerprint density at radius 1 is 0.923 bits per heavy atom. The molecule has 0 amide bonds. The lowest BCUT2D eigenvalue weighted by Crippen LogP contribution is -2.53. The second-order valence-electron chi connectivity index (χ2n) is 5.66. The van der Waals surface area contributed by atoms with Crippen molar-refractivity contribution in [1.29, 1.82) is 0 Å². The van der Waals surface area contributed by atoms with Crippen LogP contribution in [0.15, 0.2) is 35.4 Å². The van der Waals surface area contributed by atoms with Gasteiger partial charge in [-0.15, -0.1) is 22.0 Å². The van der Waals surface area contributed by atoms with Gasteiger partial charge in [0.15, 0.2) is 5.82 Å². The molecule has 1 aromatic heterocycles. The van der Waals surface area contributed by atoms with Gasteiger partial charge in [0, 0.05) is 4.90 Å². The number of rotatable bonds is 6. The third-order valence-corrected chi connectivity index (χ3v) is 5.48. The predicted octanol–water partition coefficient (Wildman–Crippen LogP) is 1.64. The largest absolute Gasteiger partial charge is 0.338 e. The van der Waals surface area contributed by atoms with Crippen LogP contribution in [0.1, 0.15) is 0 Å². The normalized spacial score (nSPS) is 12.7. The summed E-state index contributed by atoms with van der Waals surface area (Å²) in [5.74, 6) is 0.279. The van der Waals surface area contributed by atoms with Crippen LogP contribution < -0.4 is 5.32 Å². The van der Waals surface area contributed by atoms with Gasteiger partial charge in [-0.1, -0.05) is 28.4 Å². The molecule has 2 rings (SSSR count). The van der Waals surface area contributed by atoms with Crippen LogP contribution in [0, 0.1) is 0 Å². The maximum atomic E-state index is 6.21. The molecule has 1 N–H and O–H groups in total. The first-order chi connectivity index (χ1) is 11.8.